The minimum atomic E-state index is -0.692. The van der Waals surface area contributed by atoms with Crippen LogP contribution in [0.25, 0.3) is 0 Å². The van der Waals surface area contributed by atoms with Crippen LogP contribution in [0.15, 0.2) is 34.6 Å². The van der Waals surface area contributed by atoms with E-state index in [1.165, 1.54) is 6.21 Å². The Labute approximate surface area is 121 Å². The van der Waals surface area contributed by atoms with Crippen molar-refractivity contribution in [2.75, 3.05) is 11.9 Å². The van der Waals surface area contributed by atoms with Crippen molar-refractivity contribution >= 4 is 23.6 Å². The first-order chi connectivity index (χ1) is 10.1. The zero-order valence-corrected chi connectivity index (χ0v) is 11.3. The Morgan fingerprint density at radius 1 is 1.48 bits per heavy atom. The number of hydrogen-bond donors (Lipinski definition) is 3. The zero-order valence-electron chi connectivity index (χ0n) is 11.3. The third kappa shape index (κ3) is 3.01. The number of nitrogens with two attached hydrogens (primary N) is 1. The molecule has 0 spiro atoms. The third-order valence-corrected chi connectivity index (χ3v) is 3.55. The number of hydrogen-bond acceptors (Lipinski definition) is 5. The predicted molar refractivity (Wildman–Crippen MR) is 78.2 cm³/mol. The number of alkyl halides is 1. The second kappa shape index (κ2) is 5.51. The number of amides is 1. The summed E-state index contributed by atoms with van der Waals surface area (Å²) in [5.74, 6) is 0.483. The van der Waals surface area contributed by atoms with Crippen LogP contribution in [0, 0.1) is 0 Å². The fourth-order valence-electron chi connectivity index (χ4n) is 2.22. The standard InChI is InChI=1S/C14H16FN5O/c15-8-3-10(4-8)20-13-2-1-9(5-18-13)17-6-11-12(16)7-19-14(11)21/h1-2,5-6,8,10H,3-4,7,16H2,(H,18,20)(H,19,21). The van der Waals surface area contributed by atoms with Gasteiger partial charge in [0, 0.05) is 18.0 Å². The van der Waals surface area contributed by atoms with E-state index in [2.05, 4.69) is 20.6 Å². The van der Waals surface area contributed by atoms with Crippen LogP contribution in [-0.2, 0) is 4.79 Å². The molecular formula is C14H16FN5O. The van der Waals surface area contributed by atoms with E-state index in [0.29, 0.717) is 42.2 Å². The summed E-state index contributed by atoms with van der Waals surface area (Å²) in [5.41, 5.74) is 7.19. The molecule has 4 N–H and O–H groups in total. The van der Waals surface area contributed by atoms with Crippen molar-refractivity contribution in [1.82, 2.24) is 10.3 Å². The SMILES string of the molecule is NC1=C(C=Nc2ccc(NC3CC(F)C3)nc2)C(=O)NC1. The van der Waals surface area contributed by atoms with E-state index < -0.39 is 6.17 Å². The lowest BCUT2D eigenvalue weighted by Gasteiger charge is -2.30. The van der Waals surface area contributed by atoms with Crippen molar-refractivity contribution < 1.29 is 9.18 Å². The van der Waals surface area contributed by atoms with Crippen LogP contribution in [0.2, 0.25) is 0 Å². The second-order valence-corrected chi connectivity index (χ2v) is 5.19. The van der Waals surface area contributed by atoms with Crippen LogP contribution in [0.4, 0.5) is 15.9 Å². The number of nitrogens with zero attached hydrogens (tertiary/aromatic N) is 2. The Morgan fingerprint density at radius 3 is 2.86 bits per heavy atom. The van der Waals surface area contributed by atoms with Crippen molar-refractivity contribution in [1.29, 1.82) is 0 Å². The molecule has 0 atom stereocenters. The molecule has 3 rings (SSSR count). The fourth-order valence-corrected chi connectivity index (χ4v) is 2.22. The molecule has 1 saturated carbocycles. The van der Waals surface area contributed by atoms with E-state index in [-0.39, 0.29) is 11.9 Å². The Kier molecular flexibility index (Phi) is 3.55. The van der Waals surface area contributed by atoms with Gasteiger partial charge < -0.3 is 16.4 Å². The van der Waals surface area contributed by atoms with E-state index >= 15 is 0 Å². The number of aromatic nitrogens is 1. The highest BCUT2D eigenvalue weighted by Gasteiger charge is 2.28. The average Bonchev–Trinajstić information content (AvgIpc) is 2.76. The van der Waals surface area contributed by atoms with Crippen LogP contribution in [-0.4, -0.2) is 35.9 Å². The molecule has 2 aliphatic rings. The number of carbonyl (C=O) groups excluding carboxylic acids is 1. The lowest BCUT2D eigenvalue weighted by Crippen LogP contribution is -2.36. The van der Waals surface area contributed by atoms with Crippen LogP contribution in [0.1, 0.15) is 12.8 Å². The van der Waals surface area contributed by atoms with Gasteiger partial charge in [-0.15, -0.1) is 0 Å². The number of anilines is 1. The van der Waals surface area contributed by atoms with Gasteiger partial charge in [0.1, 0.15) is 12.0 Å². The molecule has 6 nitrogen and oxygen atoms in total. The Balaban J connectivity index is 1.62. The molecule has 1 aliphatic heterocycles. The molecule has 21 heavy (non-hydrogen) atoms. The quantitative estimate of drug-likeness (QED) is 0.722. The molecule has 0 bridgehead atoms. The smallest absolute Gasteiger partial charge is 0.254 e. The van der Waals surface area contributed by atoms with Crippen LogP contribution >= 0.6 is 0 Å². The van der Waals surface area contributed by atoms with Crippen molar-refractivity contribution in [3.05, 3.63) is 29.6 Å². The molecule has 0 unspecified atom stereocenters. The second-order valence-electron chi connectivity index (χ2n) is 5.19. The monoisotopic (exact) mass is 289 g/mol. The largest absolute Gasteiger partial charge is 0.400 e. The van der Waals surface area contributed by atoms with Crippen molar-refractivity contribution in [3.8, 4) is 0 Å². The topological polar surface area (TPSA) is 92.4 Å². The predicted octanol–water partition coefficient (Wildman–Crippen LogP) is 1.04. The molecule has 1 fully saturated rings. The number of pyridine rings is 1. The van der Waals surface area contributed by atoms with E-state index in [9.17, 15) is 9.18 Å². The molecule has 2 heterocycles. The Bertz CT molecular complexity index is 604. The molecule has 1 aliphatic carbocycles. The summed E-state index contributed by atoms with van der Waals surface area (Å²) in [6, 6.07) is 3.72. The molecule has 1 aromatic heterocycles. The number of aliphatic imine (C=N–C) groups is 1. The van der Waals surface area contributed by atoms with Crippen LogP contribution in [0.5, 0.6) is 0 Å². The van der Waals surface area contributed by atoms with E-state index in [0.717, 1.165) is 0 Å². The van der Waals surface area contributed by atoms with Crippen LogP contribution in [0.3, 0.4) is 0 Å². The van der Waals surface area contributed by atoms with Gasteiger partial charge >= 0.3 is 0 Å². The highest BCUT2D eigenvalue weighted by Crippen LogP contribution is 2.26. The van der Waals surface area contributed by atoms with Gasteiger partial charge in [-0.25, -0.2) is 9.37 Å². The van der Waals surface area contributed by atoms with Crippen molar-refractivity contribution in [2.45, 2.75) is 25.1 Å². The van der Waals surface area contributed by atoms with Crippen molar-refractivity contribution in [3.63, 3.8) is 0 Å². The lowest BCUT2D eigenvalue weighted by atomic mass is 9.91. The molecule has 1 aromatic rings. The van der Waals surface area contributed by atoms with Gasteiger partial charge in [0.05, 0.1) is 24.0 Å². The van der Waals surface area contributed by atoms with E-state index in [1.807, 2.05) is 0 Å². The molecule has 0 saturated heterocycles. The van der Waals surface area contributed by atoms with Gasteiger partial charge in [-0.2, -0.15) is 0 Å². The third-order valence-electron chi connectivity index (χ3n) is 3.55. The summed E-state index contributed by atoms with van der Waals surface area (Å²) < 4.78 is 12.7. The summed E-state index contributed by atoms with van der Waals surface area (Å²) >= 11 is 0. The highest BCUT2D eigenvalue weighted by molar-refractivity contribution is 6.15. The fraction of sp³-hybridized carbons (Fsp3) is 0.357. The molecule has 1 amide bonds. The van der Waals surface area contributed by atoms with Crippen molar-refractivity contribution in [2.24, 2.45) is 10.7 Å². The maximum Gasteiger partial charge on any atom is 0.254 e. The maximum atomic E-state index is 12.7. The minimum Gasteiger partial charge on any atom is -0.400 e. The van der Waals surface area contributed by atoms with Gasteiger partial charge in [0.15, 0.2) is 0 Å². The average molecular weight is 289 g/mol. The van der Waals surface area contributed by atoms with E-state index in [1.54, 1.807) is 18.3 Å². The first-order valence-electron chi connectivity index (χ1n) is 6.79. The number of halogens is 1. The minimum absolute atomic E-state index is 0.161. The number of carbonyl (C=O) groups is 1. The number of rotatable bonds is 4. The lowest BCUT2D eigenvalue weighted by molar-refractivity contribution is -0.116. The molecular weight excluding hydrogens is 273 g/mol. The van der Waals surface area contributed by atoms with Gasteiger partial charge in [-0.3, -0.25) is 9.79 Å². The summed E-state index contributed by atoms with van der Waals surface area (Å²) in [6.07, 6.45) is 3.41. The van der Waals surface area contributed by atoms with Crippen LogP contribution < -0.4 is 16.4 Å². The number of nitrogens with one attached hydrogen (secondary N) is 2. The Hall–Kier alpha value is -2.44. The highest BCUT2D eigenvalue weighted by atomic mass is 19.1. The molecule has 0 aromatic carbocycles. The summed E-state index contributed by atoms with van der Waals surface area (Å²) in [6.45, 7) is 0.359. The summed E-state index contributed by atoms with van der Waals surface area (Å²) in [7, 11) is 0. The normalized spacial score (nSPS) is 25.1. The first-order valence-corrected chi connectivity index (χ1v) is 6.79. The molecule has 110 valence electrons. The van der Waals surface area contributed by atoms with Gasteiger partial charge in [0.25, 0.3) is 5.91 Å². The molecule has 0 radical (unpaired) electrons. The Morgan fingerprint density at radius 2 is 2.29 bits per heavy atom. The van der Waals surface area contributed by atoms with Gasteiger partial charge in [-0.05, 0) is 25.0 Å². The summed E-state index contributed by atoms with van der Waals surface area (Å²) in [4.78, 5) is 19.8. The zero-order chi connectivity index (χ0) is 14.8. The first kappa shape index (κ1) is 13.5. The van der Waals surface area contributed by atoms with E-state index in [4.69, 9.17) is 5.73 Å². The van der Waals surface area contributed by atoms with Gasteiger partial charge in [0.2, 0.25) is 0 Å². The molecule has 7 heteroatoms. The van der Waals surface area contributed by atoms with Gasteiger partial charge in [-0.1, -0.05) is 0 Å². The maximum absolute atomic E-state index is 12.7. The summed E-state index contributed by atoms with van der Waals surface area (Å²) in [5, 5.41) is 5.77.